The molecule has 2 amide bonds. The van der Waals surface area contributed by atoms with Gasteiger partial charge in [0, 0.05) is 32.2 Å². The van der Waals surface area contributed by atoms with E-state index in [0.717, 1.165) is 25.8 Å². The van der Waals surface area contributed by atoms with Gasteiger partial charge in [-0.3, -0.25) is 9.59 Å². The monoisotopic (exact) mass is 353 g/mol. The third-order valence-corrected chi connectivity index (χ3v) is 5.71. The van der Waals surface area contributed by atoms with Crippen molar-refractivity contribution in [2.75, 3.05) is 19.6 Å². The van der Waals surface area contributed by atoms with Crippen molar-refractivity contribution in [2.24, 2.45) is 5.41 Å². The van der Waals surface area contributed by atoms with Gasteiger partial charge in [0.2, 0.25) is 11.7 Å². The van der Waals surface area contributed by atoms with Crippen molar-refractivity contribution in [2.45, 2.75) is 32.7 Å². The SMILES string of the molecule is Cc1cccc(CN2CCC3(CCN(C(=O)c4ccno4)CC3)C2=O)c1. The highest BCUT2D eigenvalue weighted by atomic mass is 16.5. The smallest absolute Gasteiger partial charge is 0.292 e. The van der Waals surface area contributed by atoms with E-state index in [1.165, 1.54) is 17.3 Å². The van der Waals surface area contributed by atoms with Crippen LogP contribution in [-0.2, 0) is 11.3 Å². The van der Waals surface area contributed by atoms with Gasteiger partial charge in [-0.1, -0.05) is 35.0 Å². The van der Waals surface area contributed by atoms with Crippen molar-refractivity contribution >= 4 is 11.8 Å². The maximum atomic E-state index is 13.1. The first-order valence-electron chi connectivity index (χ1n) is 9.12. The first kappa shape index (κ1) is 16.8. The topological polar surface area (TPSA) is 66.7 Å². The normalized spacial score (nSPS) is 19.3. The zero-order valence-corrected chi connectivity index (χ0v) is 15.0. The van der Waals surface area contributed by atoms with E-state index >= 15 is 0 Å². The lowest BCUT2D eigenvalue weighted by atomic mass is 9.77. The number of benzene rings is 1. The molecule has 2 fully saturated rings. The Hall–Kier alpha value is -2.63. The molecule has 0 N–H and O–H groups in total. The van der Waals surface area contributed by atoms with Crippen LogP contribution < -0.4 is 0 Å². The minimum Gasteiger partial charge on any atom is -0.351 e. The third-order valence-electron chi connectivity index (χ3n) is 5.71. The van der Waals surface area contributed by atoms with Crippen LogP contribution in [0.15, 0.2) is 41.1 Å². The number of carbonyl (C=O) groups is 2. The summed E-state index contributed by atoms with van der Waals surface area (Å²) in [7, 11) is 0. The first-order chi connectivity index (χ1) is 12.6. The second kappa shape index (κ2) is 6.59. The van der Waals surface area contributed by atoms with Crippen LogP contribution in [0, 0.1) is 12.3 Å². The fraction of sp³-hybridized carbons (Fsp3) is 0.450. The van der Waals surface area contributed by atoms with Gasteiger partial charge in [0.15, 0.2) is 0 Å². The molecule has 136 valence electrons. The predicted octanol–water partition coefficient (Wildman–Crippen LogP) is 2.64. The van der Waals surface area contributed by atoms with Gasteiger partial charge in [0.05, 0.1) is 11.6 Å². The molecule has 0 saturated carbocycles. The third kappa shape index (κ3) is 3.00. The number of hydrogen-bond acceptors (Lipinski definition) is 4. The van der Waals surface area contributed by atoms with Crippen LogP contribution >= 0.6 is 0 Å². The van der Waals surface area contributed by atoms with Crippen LogP contribution in [0.2, 0.25) is 0 Å². The molecule has 0 aliphatic carbocycles. The molecule has 2 saturated heterocycles. The largest absolute Gasteiger partial charge is 0.351 e. The van der Waals surface area contributed by atoms with Gasteiger partial charge >= 0.3 is 0 Å². The van der Waals surface area contributed by atoms with E-state index in [1.807, 2.05) is 11.0 Å². The minimum absolute atomic E-state index is 0.139. The summed E-state index contributed by atoms with van der Waals surface area (Å²) in [6.45, 7) is 4.71. The highest BCUT2D eigenvalue weighted by Crippen LogP contribution is 2.42. The number of aromatic nitrogens is 1. The molecule has 26 heavy (non-hydrogen) atoms. The molecule has 6 nitrogen and oxygen atoms in total. The molecule has 0 unspecified atom stereocenters. The molecule has 0 radical (unpaired) electrons. The maximum Gasteiger partial charge on any atom is 0.292 e. The summed E-state index contributed by atoms with van der Waals surface area (Å²) in [5, 5.41) is 3.59. The summed E-state index contributed by atoms with van der Waals surface area (Å²) in [4.78, 5) is 29.2. The van der Waals surface area contributed by atoms with E-state index < -0.39 is 0 Å². The van der Waals surface area contributed by atoms with Gasteiger partial charge in [-0.2, -0.15) is 0 Å². The predicted molar refractivity (Wildman–Crippen MR) is 95.3 cm³/mol. The molecule has 1 aromatic heterocycles. The van der Waals surface area contributed by atoms with Gasteiger partial charge < -0.3 is 14.3 Å². The van der Waals surface area contributed by atoms with Crippen molar-refractivity contribution in [3.05, 3.63) is 53.4 Å². The summed E-state index contributed by atoms with van der Waals surface area (Å²) in [6, 6.07) is 9.89. The molecule has 2 aromatic rings. The fourth-order valence-corrected chi connectivity index (χ4v) is 4.16. The lowest BCUT2D eigenvalue weighted by Gasteiger charge is -2.37. The van der Waals surface area contributed by atoms with Crippen LogP contribution in [0.1, 0.15) is 40.9 Å². The lowest BCUT2D eigenvalue weighted by molar-refractivity contribution is -0.138. The van der Waals surface area contributed by atoms with Gasteiger partial charge in [0.25, 0.3) is 5.91 Å². The molecule has 1 aromatic carbocycles. The van der Waals surface area contributed by atoms with E-state index in [0.29, 0.717) is 19.6 Å². The standard InChI is InChI=1S/C20H23N3O3/c1-15-3-2-4-16(13-15)14-23-12-8-20(19(23)25)6-10-22(11-7-20)18(24)17-5-9-21-26-17/h2-5,9,13H,6-8,10-12,14H2,1H3. The van der Waals surface area contributed by atoms with Crippen molar-refractivity contribution in [1.82, 2.24) is 15.0 Å². The fourth-order valence-electron chi connectivity index (χ4n) is 4.16. The van der Waals surface area contributed by atoms with Crippen LogP contribution in [0.3, 0.4) is 0 Å². The Labute approximate surface area is 152 Å². The second-order valence-corrected chi connectivity index (χ2v) is 7.41. The summed E-state index contributed by atoms with van der Waals surface area (Å²) < 4.78 is 4.96. The first-order valence-corrected chi connectivity index (χ1v) is 9.12. The summed E-state index contributed by atoms with van der Waals surface area (Å²) in [5.74, 6) is 0.366. The number of carbonyl (C=O) groups excluding carboxylic acids is 2. The number of hydrogen-bond donors (Lipinski definition) is 0. The number of amides is 2. The van der Waals surface area contributed by atoms with Crippen molar-refractivity contribution in [3.8, 4) is 0 Å². The molecule has 3 heterocycles. The molecular formula is C20H23N3O3. The molecule has 1 spiro atoms. The Balaban J connectivity index is 1.40. The highest BCUT2D eigenvalue weighted by Gasteiger charge is 2.48. The molecule has 2 aliphatic rings. The Morgan fingerprint density at radius 3 is 2.65 bits per heavy atom. The summed E-state index contributed by atoms with van der Waals surface area (Å²) in [6.07, 6.45) is 3.79. The van der Waals surface area contributed by atoms with Crippen molar-refractivity contribution in [3.63, 3.8) is 0 Å². The van der Waals surface area contributed by atoms with E-state index in [1.54, 1.807) is 11.0 Å². The van der Waals surface area contributed by atoms with Crippen LogP contribution in [0.4, 0.5) is 0 Å². The number of nitrogens with zero attached hydrogens (tertiary/aromatic N) is 3. The van der Waals surface area contributed by atoms with E-state index in [9.17, 15) is 9.59 Å². The minimum atomic E-state index is -0.304. The number of rotatable bonds is 3. The lowest BCUT2D eigenvalue weighted by Crippen LogP contribution is -2.46. The van der Waals surface area contributed by atoms with E-state index in [4.69, 9.17) is 4.52 Å². The zero-order chi connectivity index (χ0) is 18.1. The van der Waals surface area contributed by atoms with Gasteiger partial charge in [-0.25, -0.2) is 0 Å². The molecule has 2 aliphatic heterocycles. The van der Waals surface area contributed by atoms with Gasteiger partial charge in [-0.15, -0.1) is 0 Å². The molecule has 0 bridgehead atoms. The number of piperidine rings is 1. The van der Waals surface area contributed by atoms with Gasteiger partial charge in [-0.05, 0) is 31.7 Å². The molecule has 0 atom stereocenters. The number of aryl methyl sites for hydroxylation is 1. The van der Waals surface area contributed by atoms with Crippen molar-refractivity contribution < 1.29 is 14.1 Å². The average Bonchev–Trinajstić information content (AvgIpc) is 3.27. The van der Waals surface area contributed by atoms with E-state index in [2.05, 4.69) is 30.3 Å². The Bertz CT molecular complexity index is 807. The molecule has 4 rings (SSSR count). The zero-order valence-electron chi connectivity index (χ0n) is 15.0. The van der Waals surface area contributed by atoms with Crippen LogP contribution in [0.25, 0.3) is 0 Å². The molecule has 6 heteroatoms. The second-order valence-electron chi connectivity index (χ2n) is 7.41. The molecular weight excluding hydrogens is 330 g/mol. The maximum absolute atomic E-state index is 13.1. The van der Waals surface area contributed by atoms with Crippen molar-refractivity contribution in [1.29, 1.82) is 0 Å². The summed E-state index contributed by atoms with van der Waals surface area (Å²) >= 11 is 0. The quantitative estimate of drug-likeness (QED) is 0.851. The van der Waals surface area contributed by atoms with Crippen LogP contribution in [-0.4, -0.2) is 46.4 Å². The average molecular weight is 353 g/mol. The Morgan fingerprint density at radius 1 is 1.19 bits per heavy atom. The number of likely N-dealkylation sites (tertiary alicyclic amines) is 2. The highest BCUT2D eigenvalue weighted by molar-refractivity contribution is 5.92. The summed E-state index contributed by atoms with van der Waals surface area (Å²) in [5.41, 5.74) is 2.08. The van der Waals surface area contributed by atoms with Gasteiger partial charge in [0.1, 0.15) is 0 Å². The van der Waals surface area contributed by atoms with Crippen LogP contribution in [0.5, 0.6) is 0 Å². The Morgan fingerprint density at radius 2 is 1.96 bits per heavy atom. The van der Waals surface area contributed by atoms with E-state index in [-0.39, 0.29) is 23.0 Å². The Kier molecular flexibility index (Phi) is 4.26.